The molecule has 0 bridgehead atoms. The molecule has 0 saturated carbocycles. The third-order valence-corrected chi connectivity index (χ3v) is 7.91. The average Bonchev–Trinajstić information content (AvgIpc) is 2.87. The van der Waals surface area contributed by atoms with Crippen LogP contribution in [0.3, 0.4) is 0 Å². The molecule has 0 atom stereocenters. The van der Waals surface area contributed by atoms with Crippen molar-refractivity contribution in [3.05, 3.63) is 82.9 Å². The fraction of sp³-hybridized carbons (Fsp3) is 0.419. The van der Waals surface area contributed by atoms with Gasteiger partial charge in [-0.2, -0.15) is 0 Å². The molecule has 0 aromatic heterocycles. The van der Waals surface area contributed by atoms with E-state index in [9.17, 15) is 0 Å². The molecule has 0 spiro atoms. The minimum Gasteiger partial charge on any atom is -0.286 e. The average molecular weight is 441 g/mol. The van der Waals surface area contributed by atoms with E-state index in [1.165, 1.54) is 22.3 Å². The van der Waals surface area contributed by atoms with E-state index in [4.69, 9.17) is 0 Å². The van der Waals surface area contributed by atoms with Crippen LogP contribution < -0.4 is 0 Å². The molecule has 2 heteroatoms. The number of hydrogen-bond donors (Lipinski definition) is 0. The SMILES string of the molecule is CCC(C)(C)c1ccc(C2=CC=C(c3ccc(C(C)(CC)CC)cc3)C(=NC)C2=NC)cc1. The molecular formula is C31H40N2. The summed E-state index contributed by atoms with van der Waals surface area (Å²) in [5.41, 5.74) is 9.71. The van der Waals surface area contributed by atoms with Crippen LogP contribution in [0.5, 0.6) is 0 Å². The quantitative estimate of drug-likeness (QED) is 0.389. The van der Waals surface area contributed by atoms with E-state index in [0.29, 0.717) is 0 Å². The molecule has 3 rings (SSSR count). The van der Waals surface area contributed by atoms with Gasteiger partial charge in [-0.25, -0.2) is 0 Å². The van der Waals surface area contributed by atoms with Gasteiger partial charge in [-0.1, -0.05) is 102 Å². The maximum atomic E-state index is 4.68. The lowest BCUT2D eigenvalue weighted by atomic mass is 9.77. The Kier molecular flexibility index (Phi) is 7.57. The topological polar surface area (TPSA) is 24.7 Å². The number of benzene rings is 2. The van der Waals surface area contributed by atoms with Crippen LogP contribution in [0.2, 0.25) is 0 Å². The van der Waals surface area contributed by atoms with Crippen LogP contribution in [0.15, 0.2) is 70.7 Å². The maximum absolute atomic E-state index is 4.68. The zero-order chi connectivity index (χ0) is 24.2. The summed E-state index contributed by atoms with van der Waals surface area (Å²) >= 11 is 0. The molecule has 0 unspecified atom stereocenters. The second-order valence-electron chi connectivity index (χ2n) is 9.97. The Morgan fingerprint density at radius 1 is 0.576 bits per heavy atom. The number of rotatable bonds is 7. The first-order valence-corrected chi connectivity index (χ1v) is 12.3. The molecule has 2 aromatic rings. The standard InChI is InChI=1S/C31H40N2/c1-9-30(4,5)24-16-12-22(13-17-24)26-20-21-27(29(33-8)28(26)32-7)23-14-18-25(19-15-23)31(6,10-2)11-3/h12-21H,9-11H2,1-8H3. The van der Waals surface area contributed by atoms with E-state index in [-0.39, 0.29) is 10.8 Å². The third-order valence-electron chi connectivity index (χ3n) is 7.91. The van der Waals surface area contributed by atoms with Crippen molar-refractivity contribution in [2.24, 2.45) is 9.98 Å². The van der Waals surface area contributed by atoms with Crippen molar-refractivity contribution in [2.75, 3.05) is 14.1 Å². The van der Waals surface area contributed by atoms with E-state index in [2.05, 4.69) is 112 Å². The maximum Gasteiger partial charge on any atom is 0.0907 e. The molecule has 33 heavy (non-hydrogen) atoms. The summed E-state index contributed by atoms with van der Waals surface area (Å²) in [6, 6.07) is 18.0. The Balaban J connectivity index is 2.01. The van der Waals surface area contributed by atoms with Gasteiger partial charge in [0.05, 0.1) is 11.4 Å². The fourth-order valence-electron chi connectivity index (χ4n) is 4.51. The Hall–Kier alpha value is -2.74. The first kappa shape index (κ1) is 24.9. The molecule has 0 amide bonds. The van der Waals surface area contributed by atoms with Crippen LogP contribution in [-0.4, -0.2) is 25.5 Å². The van der Waals surface area contributed by atoms with E-state index in [0.717, 1.165) is 41.8 Å². The Morgan fingerprint density at radius 3 is 1.30 bits per heavy atom. The molecule has 2 aromatic carbocycles. The summed E-state index contributed by atoms with van der Waals surface area (Å²) in [7, 11) is 3.73. The van der Waals surface area contributed by atoms with Crippen LogP contribution >= 0.6 is 0 Å². The van der Waals surface area contributed by atoms with E-state index in [1.807, 2.05) is 14.1 Å². The summed E-state index contributed by atoms with van der Waals surface area (Å²) in [6.45, 7) is 13.7. The third kappa shape index (κ3) is 4.81. The highest BCUT2D eigenvalue weighted by molar-refractivity contribution is 6.69. The van der Waals surface area contributed by atoms with Crippen molar-refractivity contribution >= 4 is 22.6 Å². The Labute approximate surface area is 201 Å². The summed E-state index contributed by atoms with van der Waals surface area (Å²) in [5, 5.41) is 0. The van der Waals surface area contributed by atoms with Gasteiger partial charge in [0, 0.05) is 25.2 Å². The molecule has 174 valence electrons. The van der Waals surface area contributed by atoms with Gasteiger partial charge in [0.1, 0.15) is 0 Å². The van der Waals surface area contributed by atoms with E-state index < -0.39 is 0 Å². The highest BCUT2D eigenvalue weighted by Crippen LogP contribution is 2.34. The van der Waals surface area contributed by atoms with Crippen molar-refractivity contribution in [2.45, 2.75) is 71.6 Å². The molecule has 1 aliphatic rings. The first-order chi connectivity index (χ1) is 15.7. The molecule has 1 aliphatic carbocycles. The van der Waals surface area contributed by atoms with Crippen LogP contribution in [-0.2, 0) is 10.8 Å². The van der Waals surface area contributed by atoms with Crippen molar-refractivity contribution < 1.29 is 0 Å². The van der Waals surface area contributed by atoms with Gasteiger partial charge in [0.15, 0.2) is 0 Å². The molecule has 0 radical (unpaired) electrons. The van der Waals surface area contributed by atoms with Gasteiger partial charge >= 0.3 is 0 Å². The molecule has 0 aliphatic heterocycles. The van der Waals surface area contributed by atoms with Crippen molar-refractivity contribution in [1.29, 1.82) is 0 Å². The highest BCUT2D eigenvalue weighted by atomic mass is 14.8. The van der Waals surface area contributed by atoms with E-state index in [1.54, 1.807) is 0 Å². The molecular weight excluding hydrogens is 400 g/mol. The van der Waals surface area contributed by atoms with Gasteiger partial charge < -0.3 is 0 Å². The minimum atomic E-state index is 0.183. The van der Waals surface area contributed by atoms with Crippen molar-refractivity contribution in [3.63, 3.8) is 0 Å². The highest BCUT2D eigenvalue weighted by Gasteiger charge is 2.26. The lowest BCUT2D eigenvalue weighted by Crippen LogP contribution is -2.22. The van der Waals surface area contributed by atoms with Crippen LogP contribution in [0.4, 0.5) is 0 Å². The largest absolute Gasteiger partial charge is 0.286 e. The number of nitrogens with zero attached hydrogens (tertiary/aromatic N) is 2. The number of allylic oxidation sites excluding steroid dienone is 4. The smallest absolute Gasteiger partial charge is 0.0907 e. The Bertz CT molecular complexity index is 1090. The van der Waals surface area contributed by atoms with Crippen molar-refractivity contribution in [3.8, 4) is 0 Å². The summed E-state index contributed by atoms with van der Waals surface area (Å²) in [6.07, 6.45) is 7.79. The summed E-state index contributed by atoms with van der Waals surface area (Å²) in [5.74, 6) is 0. The summed E-state index contributed by atoms with van der Waals surface area (Å²) in [4.78, 5) is 9.36. The lowest BCUT2D eigenvalue weighted by Gasteiger charge is -2.28. The Morgan fingerprint density at radius 2 is 0.970 bits per heavy atom. The van der Waals surface area contributed by atoms with Crippen LogP contribution in [0.1, 0.15) is 83.1 Å². The predicted octanol–water partition coefficient (Wildman–Crippen LogP) is 8.07. The first-order valence-electron chi connectivity index (χ1n) is 12.3. The second-order valence-corrected chi connectivity index (χ2v) is 9.97. The number of aliphatic imine (C=N–C) groups is 2. The molecule has 0 saturated heterocycles. The van der Waals surface area contributed by atoms with Gasteiger partial charge in [0.25, 0.3) is 0 Å². The van der Waals surface area contributed by atoms with Crippen LogP contribution in [0, 0.1) is 0 Å². The van der Waals surface area contributed by atoms with E-state index >= 15 is 0 Å². The zero-order valence-electron chi connectivity index (χ0n) is 21.8. The van der Waals surface area contributed by atoms with Crippen LogP contribution in [0.25, 0.3) is 11.1 Å². The fourth-order valence-corrected chi connectivity index (χ4v) is 4.51. The molecule has 2 nitrogen and oxygen atoms in total. The monoisotopic (exact) mass is 440 g/mol. The van der Waals surface area contributed by atoms with Gasteiger partial charge in [-0.15, -0.1) is 0 Å². The number of hydrogen-bond acceptors (Lipinski definition) is 2. The molecule has 0 fully saturated rings. The van der Waals surface area contributed by atoms with Crippen molar-refractivity contribution in [1.82, 2.24) is 0 Å². The zero-order valence-corrected chi connectivity index (χ0v) is 21.8. The van der Waals surface area contributed by atoms with Gasteiger partial charge in [0.2, 0.25) is 0 Å². The lowest BCUT2D eigenvalue weighted by molar-refractivity contribution is 0.439. The predicted molar refractivity (Wildman–Crippen MR) is 147 cm³/mol. The normalized spacial score (nSPS) is 17.3. The second kappa shape index (κ2) is 10.0. The molecule has 0 N–H and O–H groups in total. The van der Waals surface area contributed by atoms with Gasteiger partial charge in [-0.3, -0.25) is 9.98 Å². The molecule has 0 heterocycles. The summed E-state index contributed by atoms with van der Waals surface area (Å²) < 4.78 is 0. The van der Waals surface area contributed by atoms with Gasteiger partial charge in [-0.05, 0) is 52.3 Å². The minimum absolute atomic E-state index is 0.183.